The normalized spacial score (nSPS) is 12.6. The van der Waals surface area contributed by atoms with Crippen molar-refractivity contribution in [2.45, 2.75) is 45.8 Å². The summed E-state index contributed by atoms with van der Waals surface area (Å²) in [4.78, 5) is 27.8. The number of halogens is 1. The molecule has 0 aliphatic rings. The third-order valence-electron chi connectivity index (χ3n) is 4.94. The molecule has 2 rings (SSSR count). The molecule has 2 amide bonds. The standard InChI is InChI=1S/C24H32ClN3O5S/c1-17(23(30)26-24(2,3)4)27(15-18-10-9-11-19(25)14-18)22(29)16-28(34(6,31)32)20-12-7-8-13-21(20)33-5/h7-14,17H,15-16H2,1-6H3,(H,26,30)/t17-/m1/s1. The van der Waals surface area contributed by atoms with Crippen molar-refractivity contribution in [2.75, 3.05) is 24.2 Å². The first-order valence-corrected chi connectivity index (χ1v) is 12.9. The minimum Gasteiger partial charge on any atom is -0.495 e. The van der Waals surface area contributed by atoms with Crippen LogP contribution in [-0.4, -0.2) is 56.6 Å². The molecule has 0 saturated heterocycles. The van der Waals surface area contributed by atoms with Gasteiger partial charge in [0.25, 0.3) is 0 Å². The van der Waals surface area contributed by atoms with Crippen molar-refractivity contribution < 1.29 is 22.7 Å². The molecule has 0 aliphatic heterocycles. The van der Waals surface area contributed by atoms with Gasteiger partial charge in [0.1, 0.15) is 18.3 Å². The molecule has 1 N–H and O–H groups in total. The third-order valence-corrected chi connectivity index (χ3v) is 6.30. The van der Waals surface area contributed by atoms with Crippen LogP contribution in [-0.2, 0) is 26.2 Å². The molecule has 0 spiro atoms. The lowest BCUT2D eigenvalue weighted by molar-refractivity contribution is -0.140. The fourth-order valence-corrected chi connectivity index (χ4v) is 4.39. The van der Waals surface area contributed by atoms with Gasteiger partial charge in [-0.15, -0.1) is 0 Å². The van der Waals surface area contributed by atoms with Gasteiger partial charge in [-0.05, 0) is 57.5 Å². The van der Waals surface area contributed by atoms with Gasteiger partial charge in [0.15, 0.2) is 0 Å². The molecule has 1 atom stereocenters. The second-order valence-corrected chi connectivity index (χ2v) is 11.4. The molecule has 0 aromatic heterocycles. The van der Waals surface area contributed by atoms with Crippen molar-refractivity contribution >= 4 is 39.1 Å². The average Bonchev–Trinajstić information content (AvgIpc) is 2.73. The first-order valence-electron chi connectivity index (χ1n) is 10.7. The largest absolute Gasteiger partial charge is 0.495 e. The van der Waals surface area contributed by atoms with Gasteiger partial charge in [-0.2, -0.15) is 0 Å². The van der Waals surface area contributed by atoms with Crippen LogP contribution in [0, 0.1) is 0 Å². The number of sulfonamides is 1. The topological polar surface area (TPSA) is 96.0 Å². The van der Waals surface area contributed by atoms with Gasteiger partial charge in [-0.25, -0.2) is 8.42 Å². The highest BCUT2D eigenvalue weighted by molar-refractivity contribution is 7.92. The monoisotopic (exact) mass is 509 g/mol. The second kappa shape index (κ2) is 11.1. The lowest BCUT2D eigenvalue weighted by Gasteiger charge is -2.33. The van der Waals surface area contributed by atoms with Crippen LogP contribution in [0.15, 0.2) is 48.5 Å². The molecule has 0 aliphatic carbocycles. The molecule has 0 heterocycles. The van der Waals surface area contributed by atoms with Crippen molar-refractivity contribution in [3.8, 4) is 5.75 Å². The van der Waals surface area contributed by atoms with Crippen LogP contribution < -0.4 is 14.4 Å². The zero-order chi connectivity index (χ0) is 25.7. The summed E-state index contributed by atoms with van der Waals surface area (Å²) in [5.41, 5.74) is 0.432. The number of hydrogen-bond donors (Lipinski definition) is 1. The summed E-state index contributed by atoms with van der Waals surface area (Å²) < 4.78 is 31.6. The molecule has 0 radical (unpaired) electrons. The number of amides is 2. The van der Waals surface area contributed by atoms with E-state index in [1.165, 1.54) is 12.0 Å². The first-order chi connectivity index (χ1) is 15.7. The van der Waals surface area contributed by atoms with Gasteiger partial charge in [-0.3, -0.25) is 13.9 Å². The van der Waals surface area contributed by atoms with Crippen molar-refractivity contribution in [3.05, 3.63) is 59.1 Å². The van der Waals surface area contributed by atoms with E-state index >= 15 is 0 Å². The lowest BCUT2D eigenvalue weighted by Crippen LogP contribution is -2.54. The van der Waals surface area contributed by atoms with Crippen LogP contribution in [0.4, 0.5) is 5.69 Å². The SMILES string of the molecule is COc1ccccc1N(CC(=O)N(Cc1cccc(Cl)c1)[C@H](C)C(=O)NC(C)(C)C)S(C)(=O)=O. The number of para-hydroxylation sites is 2. The van der Waals surface area contributed by atoms with Crippen molar-refractivity contribution in [1.29, 1.82) is 0 Å². The van der Waals surface area contributed by atoms with Crippen LogP contribution in [0.5, 0.6) is 5.75 Å². The van der Waals surface area contributed by atoms with Crippen molar-refractivity contribution in [3.63, 3.8) is 0 Å². The van der Waals surface area contributed by atoms with E-state index in [-0.39, 0.29) is 18.1 Å². The smallest absolute Gasteiger partial charge is 0.244 e. The Kier molecular flexibility index (Phi) is 8.96. The Labute approximate surface area is 206 Å². The number of methoxy groups -OCH3 is 1. The zero-order valence-corrected chi connectivity index (χ0v) is 21.9. The minimum absolute atomic E-state index is 0.0711. The van der Waals surface area contributed by atoms with Crippen LogP contribution in [0.1, 0.15) is 33.3 Å². The molecule has 0 bridgehead atoms. The van der Waals surface area contributed by atoms with Crippen LogP contribution in [0.2, 0.25) is 5.02 Å². The number of nitrogens with zero attached hydrogens (tertiary/aromatic N) is 2. The molecule has 186 valence electrons. The Morgan fingerprint density at radius 1 is 1.12 bits per heavy atom. The average molecular weight is 510 g/mol. The highest BCUT2D eigenvalue weighted by Gasteiger charge is 2.32. The van der Waals surface area contributed by atoms with Gasteiger partial charge in [0, 0.05) is 17.1 Å². The van der Waals surface area contributed by atoms with Gasteiger partial charge >= 0.3 is 0 Å². The summed E-state index contributed by atoms with van der Waals surface area (Å²) in [6.07, 6.45) is 1.02. The summed E-state index contributed by atoms with van der Waals surface area (Å²) in [6.45, 7) is 6.70. The number of anilines is 1. The molecule has 0 unspecified atom stereocenters. The number of hydrogen-bond acceptors (Lipinski definition) is 5. The maximum Gasteiger partial charge on any atom is 0.244 e. The van der Waals surface area contributed by atoms with E-state index in [0.29, 0.717) is 16.3 Å². The molecule has 34 heavy (non-hydrogen) atoms. The van der Waals surface area contributed by atoms with E-state index in [2.05, 4.69) is 5.32 Å². The van der Waals surface area contributed by atoms with Crippen molar-refractivity contribution in [2.24, 2.45) is 0 Å². The van der Waals surface area contributed by atoms with Gasteiger partial charge in [0.2, 0.25) is 21.8 Å². The van der Waals surface area contributed by atoms with E-state index in [1.807, 2.05) is 20.8 Å². The van der Waals surface area contributed by atoms with E-state index in [1.54, 1.807) is 55.5 Å². The Morgan fingerprint density at radius 2 is 1.76 bits per heavy atom. The van der Waals surface area contributed by atoms with E-state index in [0.717, 1.165) is 10.6 Å². The van der Waals surface area contributed by atoms with Crippen LogP contribution in [0.3, 0.4) is 0 Å². The highest BCUT2D eigenvalue weighted by Crippen LogP contribution is 2.29. The molecule has 2 aromatic carbocycles. The maximum atomic E-state index is 13.5. The molecule has 2 aromatic rings. The molecule has 10 heteroatoms. The zero-order valence-electron chi connectivity index (χ0n) is 20.3. The molecule has 0 fully saturated rings. The number of carbonyl (C=O) groups is 2. The molecule has 0 saturated carbocycles. The van der Waals surface area contributed by atoms with Crippen LogP contribution in [0.25, 0.3) is 0 Å². The second-order valence-electron chi connectivity index (χ2n) is 9.01. The highest BCUT2D eigenvalue weighted by atomic mass is 35.5. The Hall–Kier alpha value is -2.78. The van der Waals surface area contributed by atoms with Crippen molar-refractivity contribution in [1.82, 2.24) is 10.2 Å². The summed E-state index contributed by atoms with van der Waals surface area (Å²) in [5, 5.41) is 3.36. The number of nitrogens with one attached hydrogen (secondary N) is 1. The first kappa shape index (κ1) is 27.5. The van der Waals surface area contributed by atoms with E-state index < -0.39 is 34.1 Å². The fraction of sp³-hybridized carbons (Fsp3) is 0.417. The Morgan fingerprint density at radius 3 is 2.32 bits per heavy atom. The fourth-order valence-electron chi connectivity index (χ4n) is 3.32. The maximum absolute atomic E-state index is 13.5. The van der Waals surface area contributed by atoms with E-state index in [4.69, 9.17) is 16.3 Å². The van der Waals surface area contributed by atoms with E-state index in [9.17, 15) is 18.0 Å². The predicted molar refractivity (Wildman–Crippen MR) is 135 cm³/mol. The quantitative estimate of drug-likeness (QED) is 0.558. The summed E-state index contributed by atoms with van der Waals surface area (Å²) in [7, 11) is -2.43. The number of benzene rings is 2. The minimum atomic E-state index is -3.85. The summed E-state index contributed by atoms with van der Waals surface area (Å²) >= 11 is 6.11. The Balaban J connectivity index is 2.44. The predicted octanol–water partition coefficient (Wildman–Crippen LogP) is 3.45. The lowest BCUT2D eigenvalue weighted by atomic mass is 10.1. The summed E-state index contributed by atoms with van der Waals surface area (Å²) in [5.74, 6) is -0.598. The van der Waals surface area contributed by atoms with Crippen LogP contribution >= 0.6 is 11.6 Å². The van der Waals surface area contributed by atoms with Gasteiger partial charge in [-0.1, -0.05) is 35.9 Å². The number of carbonyl (C=O) groups excluding carboxylic acids is 2. The number of rotatable bonds is 9. The molecular formula is C24H32ClN3O5S. The number of ether oxygens (including phenoxy) is 1. The molecule has 8 nitrogen and oxygen atoms in total. The Bertz CT molecular complexity index is 1130. The van der Waals surface area contributed by atoms with Gasteiger partial charge in [0.05, 0.1) is 19.1 Å². The van der Waals surface area contributed by atoms with Gasteiger partial charge < -0.3 is 15.0 Å². The third kappa shape index (κ3) is 7.63. The molecular weight excluding hydrogens is 478 g/mol. The summed E-state index contributed by atoms with van der Waals surface area (Å²) in [6, 6.07) is 12.6.